The molecule has 0 N–H and O–H groups in total. The van der Waals surface area contributed by atoms with Crippen molar-refractivity contribution < 1.29 is 23.9 Å². The van der Waals surface area contributed by atoms with E-state index in [1.54, 1.807) is 17.0 Å². The Hall–Kier alpha value is -2.30. The normalized spacial score (nSPS) is 16.9. The second-order valence-corrected chi connectivity index (χ2v) is 10.6. The van der Waals surface area contributed by atoms with E-state index in [-0.39, 0.29) is 17.4 Å². The van der Waals surface area contributed by atoms with Gasteiger partial charge in [-0.25, -0.2) is 0 Å². The Bertz CT molecular complexity index is 1170. The van der Waals surface area contributed by atoms with Crippen molar-refractivity contribution in [3.63, 3.8) is 0 Å². The van der Waals surface area contributed by atoms with Crippen LogP contribution >= 0.6 is 43.6 Å². The first-order valence-corrected chi connectivity index (χ1v) is 13.6. The molecule has 3 amide bonds. The monoisotopic (exact) mass is 622 g/mol. The van der Waals surface area contributed by atoms with Gasteiger partial charge in [-0.3, -0.25) is 19.3 Å². The smallest absolute Gasteiger partial charge is 0.294 e. The summed E-state index contributed by atoms with van der Waals surface area (Å²) >= 11 is 7.99. The van der Waals surface area contributed by atoms with Gasteiger partial charge in [-0.05, 0) is 86.7 Å². The highest BCUT2D eigenvalue weighted by Crippen LogP contribution is 2.45. The summed E-state index contributed by atoms with van der Waals surface area (Å²) in [6.45, 7) is 3.76. The topological polar surface area (TPSA) is 76.2 Å². The fraction of sp³-hybridized carbons (Fsp3) is 0.320. The number of benzene rings is 2. The number of amides is 3. The van der Waals surface area contributed by atoms with E-state index in [9.17, 15) is 14.4 Å². The van der Waals surface area contributed by atoms with Gasteiger partial charge in [-0.1, -0.05) is 30.3 Å². The third-order valence-electron chi connectivity index (χ3n) is 5.59. The number of likely N-dealkylation sites (tertiary alicyclic amines) is 1. The molecule has 0 saturated carbocycles. The zero-order chi connectivity index (χ0) is 24.9. The second kappa shape index (κ2) is 11.6. The molecular formula is C25H24Br2N2O5S. The summed E-state index contributed by atoms with van der Waals surface area (Å²) in [5.74, 6) is 0.365. The van der Waals surface area contributed by atoms with Crippen LogP contribution in [0.1, 0.15) is 30.9 Å². The van der Waals surface area contributed by atoms with Crippen LogP contribution in [0.2, 0.25) is 0 Å². The summed E-state index contributed by atoms with van der Waals surface area (Å²) in [6, 6.07) is 11.6. The summed E-state index contributed by atoms with van der Waals surface area (Å²) in [6.07, 6.45) is 3.52. The van der Waals surface area contributed by atoms with Crippen molar-refractivity contribution in [3.8, 4) is 11.5 Å². The maximum atomic E-state index is 13.0. The van der Waals surface area contributed by atoms with E-state index in [0.29, 0.717) is 52.3 Å². The minimum atomic E-state index is -0.474. The van der Waals surface area contributed by atoms with Crippen LogP contribution in [0.25, 0.3) is 6.08 Å². The molecule has 7 nitrogen and oxygen atoms in total. The van der Waals surface area contributed by atoms with Gasteiger partial charge in [-0.15, -0.1) is 0 Å². The predicted molar refractivity (Wildman–Crippen MR) is 142 cm³/mol. The summed E-state index contributed by atoms with van der Waals surface area (Å²) < 4.78 is 13.2. The van der Waals surface area contributed by atoms with Crippen molar-refractivity contribution in [2.24, 2.45) is 0 Å². The Labute approximate surface area is 225 Å². The van der Waals surface area contributed by atoms with Gasteiger partial charge in [0.05, 0.1) is 16.0 Å². The van der Waals surface area contributed by atoms with Crippen molar-refractivity contribution in [2.75, 3.05) is 26.2 Å². The maximum Gasteiger partial charge on any atom is 0.294 e. The predicted octanol–water partition coefficient (Wildman–Crippen LogP) is 5.85. The first-order chi connectivity index (χ1) is 16.9. The molecule has 0 aliphatic carbocycles. The minimum absolute atomic E-state index is 0.200. The molecule has 4 rings (SSSR count). The number of imide groups is 1. The molecule has 0 unspecified atom stereocenters. The van der Waals surface area contributed by atoms with Crippen LogP contribution in [0.4, 0.5) is 4.79 Å². The van der Waals surface area contributed by atoms with Crippen LogP contribution in [-0.2, 0) is 16.2 Å². The Kier molecular flexibility index (Phi) is 8.56. The average Bonchev–Trinajstić information content (AvgIpc) is 3.48. The molecule has 0 spiro atoms. The van der Waals surface area contributed by atoms with Crippen LogP contribution in [0, 0.1) is 0 Å². The molecule has 2 aromatic rings. The van der Waals surface area contributed by atoms with Gasteiger partial charge in [-0.2, -0.15) is 0 Å². The van der Waals surface area contributed by atoms with E-state index in [1.807, 2.05) is 37.3 Å². The van der Waals surface area contributed by atoms with E-state index in [2.05, 4.69) is 31.9 Å². The highest BCUT2D eigenvalue weighted by atomic mass is 79.9. The highest BCUT2D eigenvalue weighted by Gasteiger charge is 2.37. The van der Waals surface area contributed by atoms with Gasteiger partial charge >= 0.3 is 0 Å². The summed E-state index contributed by atoms with van der Waals surface area (Å²) in [4.78, 5) is 40.9. The summed E-state index contributed by atoms with van der Waals surface area (Å²) in [5, 5.41) is -0.447. The number of halogens is 2. The lowest BCUT2D eigenvalue weighted by Gasteiger charge is -2.18. The van der Waals surface area contributed by atoms with Gasteiger partial charge in [0.2, 0.25) is 5.91 Å². The van der Waals surface area contributed by atoms with Crippen LogP contribution < -0.4 is 9.47 Å². The van der Waals surface area contributed by atoms with Gasteiger partial charge in [0, 0.05) is 17.6 Å². The summed E-state index contributed by atoms with van der Waals surface area (Å²) in [7, 11) is 0. The van der Waals surface area contributed by atoms with Gasteiger partial charge < -0.3 is 14.4 Å². The molecule has 35 heavy (non-hydrogen) atoms. The number of thioether (sulfide) groups is 1. The number of nitrogens with zero attached hydrogens (tertiary/aromatic N) is 2. The molecule has 0 bridgehead atoms. The Morgan fingerprint density at radius 2 is 1.80 bits per heavy atom. The van der Waals surface area contributed by atoms with Crippen LogP contribution in [0.15, 0.2) is 50.2 Å². The number of hydrogen-bond donors (Lipinski definition) is 0. The van der Waals surface area contributed by atoms with Crippen LogP contribution in [-0.4, -0.2) is 53.1 Å². The lowest BCUT2D eigenvalue weighted by atomic mass is 10.1. The molecule has 2 saturated heterocycles. The Balaban J connectivity index is 1.57. The number of carbonyl (C=O) groups excluding carboxylic acids is 3. The lowest BCUT2D eigenvalue weighted by molar-refractivity contribution is -0.135. The number of hydrogen-bond acceptors (Lipinski definition) is 6. The number of ether oxygens (including phenoxy) is 2. The minimum Gasteiger partial charge on any atom is -0.490 e. The fourth-order valence-corrected chi connectivity index (χ4v) is 5.59. The first kappa shape index (κ1) is 25.8. The average molecular weight is 624 g/mol. The Morgan fingerprint density at radius 1 is 1.09 bits per heavy atom. The molecule has 0 atom stereocenters. The zero-order valence-corrected chi connectivity index (χ0v) is 23.1. The van der Waals surface area contributed by atoms with Crippen LogP contribution in [0.3, 0.4) is 0 Å². The fourth-order valence-electron chi connectivity index (χ4n) is 3.82. The van der Waals surface area contributed by atoms with E-state index < -0.39 is 11.1 Å². The van der Waals surface area contributed by atoms with Crippen LogP contribution in [0.5, 0.6) is 11.5 Å². The van der Waals surface area contributed by atoms with Crippen molar-refractivity contribution >= 4 is 66.8 Å². The molecule has 2 fully saturated rings. The van der Waals surface area contributed by atoms with E-state index >= 15 is 0 Å². The molecule has 2 aliphatic heterocycles. The standard InChI is InChI=1S/C25H24Br2N2O5S/c1-2-33-18-12-17(21(26)22(27)23(18)34-15-16-8-4-3-5-9-16)13-19-24(31)29(25(32)35-19)14-20(30)28-10-6-7-11-28/h3-5,8-9,12-13H,2,6-7,10-11,14-15H2,1H3/b19-13-. The van der Waals surface area contributed by atoms with E-state index in [0.717, 1.165) is 35.1 Å². The largest absolute Gasteiger partial charge is 0.490 e. The van der Waals surface area contributed by atoms with E-state index in [1.165, 1.54) is 0 Å². The maximum absolute atomic E-state index is 13.0. The van der Waals surface area contributed by atoms with E-state index in [4.69, 9.17) is 9.47 Å². The van der Waals surface area contributed by atoms with Crippen molar-refractivity contribution in [2.45, 2.75) is 26.4 Å². The molecule has 184 valence electrons. The molecule has 0 aromatic heterocycles. The number of rotatable bonds is 8. The third kappa shape index (κ3) is 5.92. The van der Waals surface area contributed by atoms with Crippen molar-refractivity contribution in [3.05, 3.63) is 61.4 Å². The van der Waals surface area contributed by atoms with Gasteiger partial charge in [0.25, 0.3) is 11.1 Å². The summed E-state index contributed by atoms with van der Waals surface area (Å²) in [5.41, 5.74) is 1.66. The molecule has 0 radical (unpaired) electrons. The third-order valence-corrected chi connectivity index (χ3v) is 8.64. The molecule has 2 aliphatic rings. The first-order valence-electron chi connectivity index (χ1n) is 11.2. The van der Waals surface area contributed by atoms with Crippen molar-refractivity contribution in [1.29, 1.82) is 0 Å². The van der Waals surface area contributed by atoms with Gasteiger partial charge in [0.1, 0.15) is 13.2 Å². The molecule has 2 aromatic carbocycles. The molecule has 2 heterocycles. The van der Waals surface area contributed by atoms with Crippen molar-refractivity contribution in [1.82, 2.24) is 9.80 Å². The van der Waals surface area contributed by atoms with Gasteiger partial charge in [0.15, 0.2) is 11.5 Å². The molecule has 10 heteroatoms. The number of carbonyl (C=O) groups is 3. The lowest BCUT2D eigenvalue weighted by Crippen LogP contribution is -2.40. The second-order valence-electron chi connectivity index (χ2n) is 7.98. The Morgan fingerprint density at radius 3 is 2.49 bits per heavy atom. The zero-order valence-electron chi connectivity index (χ0n) is 19.1. The quantitative estimate of drug-likeness (QED) is 0.344. The molecular weight excluding hydrogens is 600 g/mol. The highest BCUT2D eigenvalue weighted by molar-refractivity contribution is 9.13. The SMILES string of the molecule is CCOc1cc(/C=C2\SC(=O)N(CC(=O)N3CCCC3)C2=O)c(Br)c(Br)c1OCc1ccccc1.